The zero-order valence-corrected chi connectivity index (χ0v) is 8.65. The molecule has 6 heteroatoms. The molecule has 13 heavy (non-hydrogen) atoms. The van der Waals surface area contributed by atoms with Crippen LogP contribution in [0.5, 0.6) is 0 Å². The van der Waals surface area contributed by atoms with Gasteiger partial charge in [0, 0.05) is 6.26 Å². The van der Waals surface area contributed by atoms with Crippen LogP contribution in [0, 0.1) is 0 Å². The third-order valence-corrected chi connectivity index (χ3v) is 2.56. The van der Waals surface area contributed by atoms with E-state index < -0.39 is 16.9 Å². The molecule has 1 rings (SSSR count). The Balaban J connectivity index is 2.85. The van der Waals surface area contributed by atoms with Crippen molar-refractivity contribution >= 4 is 10.8 Å². The van der Waals surface area contributed by atoms with Crippen LogP contribution in [0.15, 0.2) is 11.5 Å². The van der Waals surface area contributed by atoms with Gasteiger partial charge in [0.15, 0.2) is 0 Å². The largest absolute Gasteiger partial charge is 0.391 e. The second-order valence-electron chi connectivity index (χ2n) is 2.94. The first-order valence-corrected chi connectivity index (χ1v) is 5.51. The van der Waals surface area contributed by atoms with Crippen molar-refractivity contribution < 1.29 is 9.32 Å². The van der Waals surface area contributed by atoms with Crippen molar-refractivity contribution in [3.8, 4) is 0 Å². The molecule has 3 atom stereocenters. The molecule has 5 nitrogen and oxygen atoms in total. The first kappa shape index (κ1) is 10.3. The van der Waals surface area contributed by atoms with Gasteiger partial charge in [-0.3, -0.25) is 4.21 Å². The fourth-order valence-corrected chi connectivity index (χ4v) is 1.21. The molecule has 1 N–H and O–H groups in total. The van der Waals surface area contributed by atoms with Crippen molar-refractivity contribution in [1.82, 2.24) is 14.8 Å². The van der Waals surface area contributed by atoms with E-state index in [1.807, 2.05) is 6.92 Å². The van der Waals surface area contributed by atoms with E-state index >= 15 is 0 Å². The number of aliphatic hydroxyl groups excluding tert-OH is 1. The molecule has 0 saturated heterocycles. The molecular formula is C7H13N3O2S. The minimum absolute atomic E-state index is 0.148. The van der Waals surface area contributed by atoms with Crippen molar-refractivity contribution in [3.05, 3.63) is 6.33 Å². The van der Waals surface area contributed by atoms with Gasteiger partial charge in [-0.25, -0.2) is 9.67 Å². The molecule has 0 radical (unpaired) electrons. The number of hydrogen-bond donors (Lipinski definition) is 1. The van der Waals surface area contributed by atoms with Crippen LogP contribution in [0.3, 0.4) is 0 Å². The molecule has 0 aliphatic rings. The Morgan fingerprint density at radius 1 is 1.62 bits per heavy atom. The zero-order valence-electron chi connectivity index (χ0n) is 7.84. The van der Waals surface area contributed by atoms with E-state index in [1.165, 1.54) is 17.3 Å². The highest BCUT2D eigenvalue weighted by molar-refractivity contribution is 7.84. The molecule has 0 saturated carbocycles. The molecular weight excluding hydrogens is 190 g/mol. The minimum Gasteiger partial charge on any atom is -0.391 e. The summed E-state index contributed by atoms with van der Waals surface area (Å²) in [4.78, 5) is 3.86. The van der Waals surface area contributed by atoms with Crippen molar-refractivity contribution in [3.63, 3.8) is 0 Å². The molecule has 0 bridgehead atoms. The molecule has 0 spiro atoms. The van der Waals surface area contributed by atoms with Crippen LogP contribution in [-0.2, 0) is 10.8 Å². The van der Waals surface area contributed by atoms with Gasteiger partial charge in [-0.2, -0.15) is 0 Å². The Kier molecular flexibility index (Phi) is 3.16. The van der Waals surface area contributed by atoms with E-state index in [1.54, 1.807) is 6.92 Å². The highest BCUT2D eigenvalue weighted by Gasteiger charge is 2.13. The maximum Gasteiger partial charge on any atom is 0.238 e. The van der Waals surface area contributed by atoms with Gasteiger partial charge in [0.25, 0.3) is 0 Å². The summed E-state index contributed by atoms with van der Waals surface area (Å²) in [7, 11) is -1.16. The molecule has 0 aliphatic heterocycles. The standard InChI is InChI=1S/C7H13N3O2S/c1-5(6(2)11)10-4-8-7(9-10)13(3)12/h4-6,11H,1-3H3. The SMILES string of the molecule is CC(O)C(C)n1cnc(S(C)=O)n1. The predicted molar refractivity (Wildman–Crippen MR) is 48.7 cm³/mol. The van der Waals surface area contributed by atoms with E-state index in [2.05, 4.69) is 10.1 Å². The summed E-state index contributed by atoms with van der Waals surface area (Å²) < 4.78 is 12.5. The monoisotopic (exact) mass is 203 g/mol. The second-order valence-corrected chi connectivity index (χ2v) is 4.22. The molecule has 0 fully saturated rings. The highest BCUT2D eigenvalue weighted by Crippen LogP contribution is 2.09. The molecule has 0 amide bonds. The van der Waals surface area contributed by atoms with E-state index in [0.717, 1.165) is 0 Å². The first-order chi connectivity index (χ1) is 6.02. The zero-order chi connectivity index (χ0) is 10.0. The van der Waals surface area contributed by atoms with Gasteiger partial charge in [-0.15, -0.1) is 5.10 Å². The predicted octanol–water partition coefficient (Wildman–Crippen LogP) is -0.0427. The average molecular weight is 203 g/mol. The number of aliphatic hydroxyl groups is 1. The smallest absolute Gasteiger partial charge is 0.238 e. The van der Waals surface area contributed by atoms with Crippen molar-refractivity contribution in [2.45, 2.75) is 31.1 Å². The van der Waals surface area contributed by atoms with E-state index in [4.69, 9.17) is 0 Å². The van der Waals surface area contributed by atoms with Gasteiger partial charge in [-0.05, 0) is 13.8 Å². The van der Waals surface area contributed by atoms with Crippen LogP contribution < -0.4 is 0 Å². The topological polar surface area (TPSA) is 68.0 Å². The molecule has 0 aliphatic carbocycles. The fourth-order valence-electron chi connectivity index (χ4n) is 0.808. The lowest BCUT2D eigenvalue weighted by molar-refractivity contribution is 0.131. The third-order valence-electron chi connectivity index (χ3n) is 1.86. The van der Waals surface area contributed by atoms with Crippen molar-refractivity contribution in [1.29, 1.82) is 0 Å². The van der Waals surface area contributed by atoms with Crippen LogP contribution >= 0.6 is 0 Å². The van der Waals surface area contributed by atoms with Crippen LogP contribution in [0.25, 0.3) is 0 Å². The number of aromatic nitrogens is 3. The lowest BCUT2D eigenvalue weighted by Crippen LogP contribution is -2.18. The maximum atomic E-state index is 11.0. The first-order valence-electron chi connectivity index (χ1n) is 3.95. The van der Waals surface area contributed by atoms with Gasteiger partial charge in [0.2, 0.25) is 5.16 Å². The normalized spacial score (nSPS) is 18.2. The van der Waals surface area contributed by atoms with Crippen LogP contribution in [0.1, 0.15) is 19.9 Å². The molecule has 1 aromatic heterocycles. The minimum atomic E-state index is -1.16. The number of nitrogens with zero attached hydrogens (tertiary/aromatic N) is 3. The molecule has 1 heterocycles. The highest BCUT2D eigenvalue weighted by atomic mass is 32.2. The summed E-state index contributed by atoms with van der Waals surface area (Å²) in [5.41, 5.74) is 0. The van der Waals surface area contributed by atoms with E-state index in [9.17, 15) is 9.32 Å². The molecule has 0 aromatic carbocycles. The summed E-state index contributed by atoms with van der Waals surface area (Å²) in [5.74, 6) is 0. The van der Waals surface area contributed by atoms with Gasteiger partial charge >= 0.3 is 0 Å². The molecule has 3 unspecified atom stereocenters. The third kappa shape index (κ3) is 2.35. The summed E-state index contributed by atoms with van der Waals surface area (Å²) in [6.07, 6.45) is 2.50. The summed E-state index contributed by atoms with van der Waals surface area (Å²) >= 11 is 0. The number of hydrogen-bond acceptors (Lipinski definition) is 4. The summed E-state index contributed by atoms with van der Waals surface area (Å²) in [6, 6.07) is -0.148. The lowest BCUT2D eigenvalue weighted by Gasteiger charge is -2.13. The van der Waals surface area contributed by atoms with Crippen molar-refractivity contribution in [2.75, 3.05) is 6.26 Å². The fraction of sp³-hybridized carbons (Fsp3) is 0.714. The molecule has 1 aromatic rings. The number of rotatable bonds is 3. The van der Waals surface area contributed by atoms with Crippen LogP contribution in [-0.4, -0.2) is 36.4 Å². The Hall–Kier alpha value is -0.750. The lowest BCUT2D eigenvalue weighted by atomic mass is 10.2. The Bertz CT molecular complexity index is 310. The van der Waals surface area contributed by atoms with Gasteiger partial charge in [0.1, 0.15) is 6.33 Å². The van der Waals surface area contributed by atoms with E-state index in [-0.39, 0.29) is 6.04 Å². The average Bonchev–Trinajstić information content (AvgIpc) is 2.50. The van der Waals surface area contributed by atoms with Crippen LogP contribution in [0.4, 0.5) is 0 Å². The van der Waals surface area contributed by atoms with E-state index in [0.29, 0.717) is 5.16 Å². The van der Waals surface area contributed by atoms with Gasteiger partial charge in [0.05, 0.1) is 22.9 Å². The maximum absolute atomic E-state index is 11.0. The Labute approximate surface area is 79.3 Å². The molecule has 74 valence electrons. The Morgan fingerprint density at radius 3 is 2.62 bits per heavy atom. The van der Waals surface area contributed by atoms with Crippen LogP contribution in [0.2, 0.25) is 0 Å². The van der Waals surface area contributed by atoms with Gasteiger partial charge < -0.3 is 5.11 Å². The Morgan fingerprint density at radius 2 is 2.23 bits per heavy atom. The summed E-state index contributed by atoms with van der Waals surface area (Å²) in [5, 5.41) is 13.5. The quantitative estimate of drug-likeness (QED) is 0.748. The summed E-state index contributed by atoms with van der Waals surface area (Å²) in [6.45, 7) is 3.50. The second kappa shape index (κ2) is 3.97. The van der Waals surface area contributed by atoms with Gasteiger partial charge in [-0.1, -0.05) is 0 Å². The van der Waals surface area contributed by atoms with Crippen molar-refractivity contribution in [2.24, 2.45) is 0 Å².